The molecule has 3 nitrogen and oxygen atoms in total. The van der Waals surface area contributed by atoms with Crippen molar-refractivity contribution in [3.05, 3.63) is 28.5 Å². The third-order valence-electron chi connectivity index (χ3n) is 2.92. The van der Waals surface area contributed by atoms with Crippen molar-refractivity contribution in [1.29, 1.82) is 0 Å². The van der Waals surface area contributed by atoms with Crippen molar-refractivity contribution in [2.75, 3.05) is 13.1 Å². The van der Waals surface area contributed by atoms with Crippen molar-refractivity contribution in [2.24, 2.45) is 5.92 Å². The molecule has 0 saturated carbocycles. The molecular weight excluding hydrogens is 268 g/mol. The van der Waals surface area contributed by atoms with Gasteiger partial charge in [0.1, 0.15) is 4.60 Å². The van der Waals surface area contributed by atoms with Crippen LogP contribution in [0.1, 0.15) is 30.1 Å². The predicted octanol–water partition coefficient (Wildman–Crippen LogP) is 2.72. The van der Waals surface area contributed by atoms with Crippen molar-refractivity contribution < 1.29 is 4.79 Å². The number of aromatic nitrogens is 1. The van der Waals surface area contributed by atoms with E-state index in [0.717, 1.165) is 24.1 Å². The zero-order chi connectivity index (χ0) is 11.5. The molecule has 1 aromatic rings. The van der Waals surface area contributed by atoms with Crippen LogP contribution in [-0.2, 0) is 0 Å². The molecule has 0 aromatic carbocycles. The summed E-state index contributed by atoms with van der Waals surface area (Å²) in [5, 5.41) is 0. The standard InChI is InChI=1S/C12H15BrN2O/c1-9-3-2-6-15(8-9)12(16)10-4-5-11(13)14-7-10/h4-5,7,9H,2-3,6,8H2,1H3. The summed E-state index contributed by atoms with van der Waals surface area (Å²) in [6.07, 6.45) is 3.96. The van der Waals surface area contributed by atoms with E-state index in [-0.39, 0.29) is 5.91 Å². The molecule has 0 spiro atoms. The zero-order valence-electron chi connectivity index (χ0n) is 9.32. The molecule has 0 radical (unpaired) electrons. The van der Waals surface area contributed by atoms with E-state index in [1.54, 1.807) is 12.3 Å². The first-order valence-corrected chi connectivity index (χ1v) is 6.37. The number of hydrogen-bond acceptors (Lipinski definition) is 2. The number of amides is 1. The average Bonchev–Trinajstić information content (AvgIpc) is 2.29. The summed E-state index contributed by atoms with van der Waals surface area (Å²) in [6.45, 7) is 3.94. The summed E-state index contributed by atoms with van der Waals surface area (Å²) in [5.41, 5.74) is 0.678. The van der Waals surface area contributed by atoms with Gasteiger partial charge in [0.2, 0.25) is 0 Å². The predicted molar refractivity (Wildman–Crippen MR) is 66.2 cm³/mol. The van der Waals surface area contributed by atoms with E-state index in [1.807, 2.05) is 11.0 Å². The van der Waals surface area contributed by atoms with Gasteiger partial charge in [0.05, 0.1) is 5.56 Å². The van der Waals surface area contributed by atoms with Gasteiger partial charge < -0.3 is 4.90 Å². The third-order valence-corrected chi connectivity index (χ3v) is 3.39. The topological polar surface area (TPSA) is 33.2 Å². The Labute approximate surface area is 104 Å². The number of likely N-dealkylation sites (tertiary alicyclic amines) is 1. The first-order chi connectivity index (χ1) is 7.66. The van der Waals surface area contributed by atoms with Crippen molar-refractivity contribution in [1.82, 2.24) is 9.88 Å². The molecule has 16 heavy (non-hydrogen) atoms. The van der Waals surface area contributed by atoms with Gasteiger partial charge in [-0.25, -0.2) is 4.98 Å². The maximum atomic E-state index is 12.1. The number of pyridine rings is 1. The molecule has 2 heterocycles. The summed E-state index contributed by atoms with van der Waals surface area (Å²) in [4.78, 5) is 18.1. The van der Waals surface area contributed by atoms with Gasteiger partial charge in [-0.05, 0) is 46.8 Å². The van der Waals surface area contributed by atoms with Crippen LogP contribution < -0.4 is 0 Å². The quantitative estimate of drug-likeness (QED) is 0.742. The van der Waals surface area contributed by atoms with E-state index in [0.29, 0.717) is 11.5 Å². The fourth-order valence-electron chi connectivity index (χ4n) is 2.06. The van der Waals surface area contributed by atoms with Crippen LogP contribution in [0, 0.1) is 5.92 Å². The van der Waals surface area contributed by atoms with Crippen LogP contribution in [0.2, 0.25) is 0 Å². The van der Waals surface area contributed by atoms with Crippen molar-refractivity contribution in [3.63, 3.8) is 0 Å². The lowest BCUT2D eigenvalue weighted by atomic mass is 10.00. The third kappa shape index (κ3) is 2.61. The normalized spacial score (nSPS) is 20.9. The molecular formula is C12H15BrN2O. The van der Waals surface area contributed by atoms with Gasteiger partial charge in [0, 0.05) is 19.3 Å². The summed E-state index contributed by atoms with van der Waals surface area (Å²) < 4.78 is 0.760. The highest BCUT2D eigenvalue weighted by Crippen LogP contribution is 2.18. The van der Waals surface area contributed by atoms with E-state index >= 15 is 0 Å². The van der Waals surface area contributed by atoms with Crippen molar-refractivity contribution in [2.45, 2.75) is 19.8 Å². The number of piperidine rings is 1. The first kappa shape index (κ1) is 11.6. The van der Waals surface area contributed by atoms with Gasteiger partial charge in [-0.3, -0.25) is 4.79 Å². The minimum absolute atomic E-state index is 0.103. The van der Waals surface area contributed by atoms with Crippen LogP contribution in [0.25, 0.3) is 0 Å². The van der Waals surface area contributed by atoms with Crippen LogP contribution in [0.15, 0.2) is 22.9 Å². The molecule has 0 bridgehead atoms. The Morgan fingerprint density at radius 2 is 2.38 bits per heavy atom. The lowest BCUT2D eigenvalue weighted by Crippen LogP contribution is -2.39. The van der Waals surface area contributed by atoms with E-state index < -0.39 is 0 Å². The van der Waals surface area contributed by atoms with E-state index in [9.17, 15) is 4.79 Å². The van der Waals surface area contributed by atoms with Crippen molar-refractivity contribution in [3.8, 4) is 0 Å². The molecule has 1 aromatic heterocycles. The first-order valence-electron chi connectivity index (χ1n) is 5.57. The van der Waals surface area contributed by atoms with Crippen LogP contribution in [0.4, 0.5) is 0 Å². The number of halogens is 1. The fourth-order valence-corrected chi connectivity index (χ4v) is 2.29. The van der Waals surface area contributed by atoms with Gasteiger partial charge in [0.15, 0.2) is 0 Å². The second-order valence-corrected chi connectivity index (χ2v) is 5.18. The van der Waals surface area contributed by atoms with Crippen LogP contribution in [0.5, 0.6) is 0 Å². The Bertz CT molecular complexity index is 377. The molecule has 1 saturated heterocycles. The van der Waals surface area contributed by atoms with E-state index in [4.69, 9.17) is 0 Å². The van der Waals surface area contributed by atoms with Gasteiger partial charge in [0.25, 0.3) is 5.91 Å². The number of rotatable bonds is 1. The smallest absolute Gasteiger partial charge is 0.255 e. The number of carbonyl (C=O) groups excluding carboxylic acids is 1. The summed E-state index contributed by atoms with van der Waals surface area (Å²) in [6, 6.07) is 3.62. The maximum absolute atomic E-state index is 12.1. The number of nitrogens with zero attached hydrogens (tertiary/aromatic N) is 2. The number of hydrogen-bond donors (Lipinski definition) is 0. The van der Waals surface area contributed by atoms with Crippen molar-refractivity contribution >= 4 is 21.8 Å². The molecule has 1 aliphatic rings. The van der Waals surface area contributed by atoms with Gasteiger partial charge in [-0.1, -0.05) is 6.92 Å². The second kappa shape index (κ2) is 4.95. The largest absolute Gasteiger partial charge is 0.338 e. The Hall–Kier alpha value is -0.900. The molecule has 1 fully saturated rings. The minimum Gasteiger partial charge on any atom is -0.338 e. The zero-order valence-corrected chi connectivity index (χ0v) is 10.9. The van der Waals surface area contributed by atoms with E-state index in [2.05, 4.69) is 27.8 Å². The van der Waals surface area contributed by atoms with Gasteiger partial charge in [-0.2, -0.15) is 0 Å². The summed E-state index contributed by atoms with van der Waals surface area (Å²) in [7, 11) is 0. The lowest BCUT2D eigenvalue weighted by molar-refractivity contribution is 0.0682. The summed E-state index contributed by atoms with van der Waals surface area (Å²) >= 11 is 3.26. The second-order valence-electron chi connectivity index (χ2n) is 4.37. The molecule has 4 heteroatoms. The Morgan fingerprint density at radius 3 is 3.00 bits per heavy atom. The molecule has 1 unspecified atom stereocenters. The molecule has 86 valence electrons. The monoisotopic (exact) mass is 282 g/mol. The van der Waals surface area contributed by atoms with Crippen LogP contribution >= 0.6 is 15.9 Å². The van der Waals surface area contributed by atoms with Crippen LogP contribution in [-0.4, -0.2) is 28.9 Å². The van der Waals surface area contributed by atoms with Crippen LogP contribution in [0.3, 0.4) is 0 Å². The molecule has 2 rings (SSSR count). The highest BCUT2D eigenvalue weighted by Gasteiger charge is 2.21. The number of carbonyl (C=O) groups is 1. The minimum atomic E-state index is 0.103. The fraction of sp³-hybridized carbons (Fsp3) is 0.500. The Kier molecular flexibility index (Phi) is 3.59. The van der Waals surface area contributed by atoms with E-state index in [1.165, 1.54) is 6.42 Å². The highest BCUT2D eigenvalue weighted by atomic mass is 79.9. The molecule has 1 aliphatic heterocycles. The molecule has 0 N–H and O–H groups in total. The Balaban J connectivity index is 2.09. The average molecular weight is 283 g/mol. The molecule has 0 aliphatic carbocycles. The Morgan fingerprint density at radius 1 is 1.56 bits per heavy atom. The van der Waals surface area contributed by atoms with Gasteiger partial charge in [-0.15, -0.1) is 0 Å². The SMILES string of the molecule is CC1CCCN(C(=O)c2ccc(Br)nc2)C1. The maximum Gasteiger partial charge on any atom is 0.255 e. The van der Waals surface area contributed by atoms with Gasteiger partial charge >= 0.3 is 0 Å². The molecule has 1 atom stereocenters. The summed E-state index contributed by atoms with van der Waals surface area (Å²) in [5.74, 6) is 0.715. The molecule has 1 amide bonds. The highest BCUT2D eigenvalue weighted by molar-refractivity contribution is 9.10. The lowest BCUT2D eigenvalue weighted by Gasteiger charge is -2.30.